The lowest BCUT2D eigenvalue weighted by Gasteiger charge is -2.27. The van der Waals surface area contributed by atoms with Crippen molar-refractivity contribution in [2.24, 2.45) is 5.84 Å². The number of nitrogens with two attached hydrogens (primary N) is 1. The van der Waals surface area contributed by atoms with Crippen LogP contribution in [0.3, 0.4) is 0 Å². The molecule has 0 aliphatic carbocycles. The van der Waals surface area contributed by atoms with Gasteiger partial charge in [0.15, 0.2) is 0 Å². The highest BCUT2D eigenvalue weighted by molar-refractivity contribution is 7.99. The van der Waals surface area contributed by atoms with Gasteiger partial charge in [-0.3, -0.25) is 10.2 Å². The normalized spacial score (nSPS) is 24.1. The Morgan fingerprint density at radius 3 is 2.94 bits per heavy atom. The molecular formula is C12H25N3OS. The molecule has 4 nitrogen and oxygen atoms in total. The van der Waals surface area contributed by atoms with Gasteiger partial charge in [0.05, 0.1) is 0 Å². The molecule has 0 saturated carbocycles. The minimum Gasteiger partial charge on any atom is -0.301 e. The van der Waals surface area contributed by atoms with Gasteiger partial charge in [-0.25, -0.2) is 5.84 Å². The van der Waals surface area contributed by atoms with Gasteiger partial charge in [-0.2, -0.15) is 11.8 Å². The SMILES string of the molecule is CSC1CCCN(C(C)CCC(=O)NN)CC1. The van der Waals surface area contributed by atoms with Crippen LogP contribution < -0.4 is 11.3 Å². The lowest BCUT2D eigenvalue weighted by atomic mass is 10.1. The van der Waals surface area contributed by atoms with Crippen molar-refractivity contribution in [2.45, 2.75) is 50.3 Å². The lowest BCUT2D eigenvalue weighted by Crippen LogP contribution is -2.36. The van der Waals surface area contributed by atoms with Crippen LogP contribution in [0.1, 0.15) is 39.0 Å². The van der Waals surface area contributed by atoms with E-state index in [0.717, 1.165) is 18.2 Å². The summed E-state index contributed by atoms with van der Waals surface area (Å²) in [5.74, 6) is 5.02. The Hall–Kier alpha value is -0.260. The maximum Gasteiger partial charge on any atom is 0.233 e. The van der Waals surface area contributed by atoms with Crippen LogP contribution in [-0.4, -0.2) is 41.4 Å². The monoisotopic (exact) mass is 259 g/mol. The van der Waals surface area contributed by atoms with Gasteiger partial charge in [0.1, 0.15) is 0 Å². The fourth-order valence-corrected chi connectivity index (χ4v) is 3.10. The molecule has 17 heavy (non-hydrogen) atoms. The highest BCUT2D eigenvalue weighted by Gasteiger charge is 2.20. The largest absolute Gasteiger partial charge is 0.301 e. The summed E-state index contributed by atoms with van der Waals surface area (Å²) in [7, 11) is 0. The molecule has 2 atom stereocenters. The summed E-state index contributed by atoms with van der Waals surface area (Å²) in [4.78, 5) is 13.6. The molecule has 0 aromatic carbocycles. The smallest absolute Gasteiger partial charge is 0.233 e. The van der Waals surface area contributed by atoms with Crippen molar-refractivity contribution in [3.63, 3.8) is 0 Å². The Kier molecular flexibility index (Phi) is 6.92. The fourth-order valence-electron chi connectivity index (χ4n) is 2.36. The number of nitrogens with one attached hydrogen (secondary N) is 1. The van der Waals surface area contributed by atoms with E-state index in [1.807, 2.05) is 11.8 Å². The Bertz CT molecular complexity index is 238. The van der Waals surface area contributed by atoms with Gasteiger partial charge in [-0.1, -0.05) is 0 Å². The topological polar surface area (TPSA) is 58.4 Å². The predicted molar refractivity (Wildman–Crippen MR) is 73.8 cm³/mol. The van der Waals surface area contributed by atoms with Crippen molar-refractivity contribution in [3.8, 4) is 0 Å². The molecule has 100 valence electrons. The van der Waals surface area contributed by atoms with Crippen LogP contribution in [0.2, 0.25) is 0 Å². The van der Waals surface area contributed by atoms with E-state index >= 15 is 0 Å². The van der Waals surface area contributed by atoms with Crippen LogP contribution in [0.15, 0.2) is 0 Å². The number of hydrogen-bond donors (Lipinski definition) is 2. The van der Waals surface area contributed by atoms with Gasteiger partial charge >= 0.3 is 0 Å². The molecule has 0 aromatic rings. The van der Waals surface area contributed by atoms with Crippen molar-refractivity contribution < 1.29 is 4.79 Å². The molecule has 1 aliphatic heterocycles. The second-order valence-corrected chi connectivity index (χ2v) is 5.92. The number of thioether (sulfide) groups is 1. The first-order valence-corrected chi connectivity index (χ1v) is 7.72. The van der Waals surface area contributed by atoms with Crippen LogP contribution in [-0.2, 0) is 4.79 Å². The number of likely N-dealkylation sites (tertiary alicyclic amines) is 1. The molecule has 1 heterocycles. The molecule has 1 aliphatic rings. The first kappa shape index (κ1) is 14.8. The second kappa shape index (κ2) is 7.95. The van der Waals surface area contributed by atoms with E-state index in [1.54, 1.807) is 0 Å². The number of carbonyl (C=O) groups is 1. The Morgan fingerprint density at radius 1 is 1.53 bits per heavy atom. The standard InChI is InChI=1S/C12H25N3OS/c1-10(5-6-12(16)14-13)15-8-3-4-11(17-2)7-9-15/h10-11H,3-9,13H2,1-2H3,(H,14,16). The number of rotatable bonds is 5. The highest BCUT2D eigenvalue weighted by Crippen LogP contribution is 2.22. The summed E-state index contributed by atoms with van der Waals surface area (Å²) in [6.45, 7) is 4.54. The minimum atomic E-state index is -0.0614. The zero-order chi connectivity index (χ0) is 12.7. The molecule has 1 fully saturated rings. The zero-order valence-corrected chi connectivity index (χ0v) is 11.8. The van der Waals surface area contributed by atoms with Gasteiger partial charge in [0, 0.05) is 17.7 Å². The third-order valence-corrected chi connectivity index (χ3v) is 4.75. The van der Waals surface area contributed by atoms with Gasteiger partial charge in [-0.15, -0.1) is 0 Å². The first-order valence-electron chi connectivity index (χ1n) is 6.43. The van der Waals surface area contributed by atoms with Crippen molar-refractivity contribution in [3.05, 3.63) is 0 Å². The van der Waals surface area contributed by atoms with Gasteiger partial charge in [0.2, 0.25) is 5.91 Å². The van der Waals surface area contributed by atoms with Crippen LogP contribution >= 0.6 is 11.8 Å². The van der Waals surface area contributed by atoms with E-state index in [0.29, 0.717) is 12.5 Å². The molecule has 1 rings (SSSR count). The average Bonchev–Trinajstić information content (AvgIpc) is 2.60. The Labute approximate surface area is 109 Å². The van der Waals surface area contributed by atoms with Gasteiger partial charge < -0.3 is 4.90 Å². The van der Waals surface area contributed by atoms with E-state index in [9.17, 15) is 4.79 Å². The molecule has 0 bridgehead atoms. The fraction of sp³-hybridized carbons (Fsp3) is 0.917. The molecule has 0 aromatic heterocycles. The van der Waals surface area contributed by atoms with E-state index in [2.05, 4.69) is 23.5 Å². The molecule has 0 spiro atoms. The number of carbonyl (C=O) groups excluding carboxylic acids is 1. The molecule has 0 radical (unpaired) electrons. The molecule has 1 saturated heterocycles. The van der Waals surface area contributed by atoms with Crippen LogP contribution in [0.25, 0.3) is 0 Å². The third-order valence-electron chi connectivity index (χ3n) is 3.62. The van der Waals surface area contributed by atoms with E-state index in [4.69, 9.17) is 5.84 Å². The number of nitrogens with zero attached hydrogens (tertiary/aromatic N) is 1. The van der Waals surface area contributed by atoms with Crippen molar-refractivity contribution in [1.82, 2.24) is 10.3 Å². The van der Waals surface area contributed by atoms with E-state index in [1.165, 1.54) is 25.8 Å². The van der Waals surface area contributed by atoms with Crippen molar-refractivity contribution in [1.29, 1.82) is 0 Å². The van der Waals surface area contributed by atoms with Crippen LogP contribution in [0, 0.1) is 0 Å². The van der Waals surface area contributed by atoms with E-state index in [-0.39, 0.29) is 5.91 Å². The Balaban J connectivity index is 2.31. The van der Waals surface area contributed by atoms with Gasteiger partial charge in [0.25, 0.3) is 0 Å². The maximum absolute atomic E-state index is 11.1. The van der Waals surface area contributed by atoms with Gasteiger partial charge in [-0.05, 0) is 52.0 Å². The van der Waals surface area contributed by atoms with Crippen molar-refractivity contribution in [2.75, 3.05) is 19.3 Å². The number of hydrogen-bond acceptors (Lipinski definition) is 4. The highest BCUT2D eigenvalue weighted by atomic mass is 32.2. The summed E-state index contributed by atoms with van der Waals surface area (Å²) in [5, 5.41) is 0.819. The summed E-state index contributed by atoms with van der Waals surface area (Å²) in [5.41, 5.74) is 2.19. The third kappa shape index (κ3) is 5.27. The molecular weight excluding hydrogens is 234 g/mol. The maximum atomic E-state index is 11.1. The molecule has 3 N–H and O–H groups in total. The summed E-state index contributed by atoms with van der Waals surface area (Å²) < 4.78 is 0. The van der Waals surface area contributed by atoms with Crippen LogP contribution in [0.4, 0.5) is 0 Å². The van der Waals surface area contributed by atoms with Crippen LogP contribution in [0.5, 0.6) is 0 Å². The number of hydrazine groups is 1. The lowest BCUT2D eigenvalue weighted by molar-refractivity contribution is -0.121. The number of amides is 1. The zero-order valence-electron chi connectivity index (χ0n) is 10.9. The minimum absolute atomic E-state index is 0.0614. The van der Waals surface area contributed by atoms with Crippen molar-refractivity contribution >= 4 is 17.7 Å². The summed E-state index contributed by atoms with van der Waals surface area (Å²) >= 11 is 1.99. The molecule has 5 heteroatoms. The molecule has 1 amide bonds. The second-order valence-electron chi connectivity index (χ2n) is 4.78. The Morgan fingerprint density at radius 2 is 2.29 bits per heavy atom. The predicted octanol–water partition coefficient (Wildman–Crippen LogP) is 1.36. The summed E-state index contributed by atoms with van der Waals surface area (Å²) in [6.07, 6.45) is 7.50. The quantitative estimate of drug-likeness (QED) is 0.445. The average molecular weight is 259 g/mol. The first-order chi connectivity index (χ1) is 8.17. The molecule has 2 unspecified atom stereocenters. The van der Waals surface area contributed by atoms with E-state index < -0.39 is 0 Å². The summed E-state index contributed by atoms with van der Waals surface area (Å²) in [6, 6.07) is 0.480.